The van der Waals surface area contributed by atoms with E-state index in [1.54, 1.807) is 6.26 Å². The van der Waals surface area contributed by atoms with E-state index in [-0.39, 0.29) is 0 Å². The van der Waals surface area contributed by atoms with E-state index in [0.717, 1.165) is 11.3 Å². The minimum atomic E-state index is -0.407. The Morgan fingerprint density at radius 3 is 2.35 bits per heavy atom. The molecule has 1 aromatic carbocycles. The average molecular weight is 230 g/mol. The Morgan fingerprint density at radius 2 is 1.88 bits per heavy atom. The third-order valence-electron chi connectivity index (χ3n) is 1.95. The number of aromatic nitrogens is 2. The van der Waals surface area contributed by atoms with Crippen molar-refractivity contribution >= 4 is 0 Å². The van der Waals surface area contributed by atoms with Crippen LogP contribution in [0.2, 0.25) is 0 Å². The second-order valence-electron chi connectivity index (χ2n) is 3.10. The molecule has 2 aromatic heterocycles. The molecule has 0 bridgehead atoms. The van der Waals surface area contributed by atoms with Crippen LogP contribution in [0.15, 0.2) is 68.9 Å². The molecular weight excluding hydrogens is 220 g/mol. The Bertz CT molecular complexity index is 565. The normalized spacial score (nSPS) is 9.41. The van der Waals surface area contributed by atoms with Crippen LogP contribution in [0.25, 0.3) is 11.3 Å². The molecule has 0 aliphatic rings. The summed E-state index contributed by atoms with van der Waals surface area (Å²) in [5.41, 5.74) is 1.96. The van der Waals surface area contributed by atoms with Gasteiger partial charge in [0.05, 0.1) is 0 Å². The number of hydrogen-bond donors (Lipinski definition) is 1. The Hall–Kier alpha value is -2.56. The molecule has 2 heterocycles. The van der Waals surface area contributed by atoms with E-state index in [1.165, 1.54) is 12.5 Å². The molecule has 17 heavy (non-hydrogen) atoms. The van der Waals surface area contributed by atoms with Gasteiger partial charge in [-0.1, -0.05) is 35.5 Å². The summed E-state index contributed by atoms with van der Waals surface area (Å²) in [4.78, 5) is 12.1. The lowest BCUT2D eigenvalue weighted by Gasteiger charge is -1.90. The maximum absolute atomic E-state index is 9.85. The van der Waals surface area contributed by atoms with Crippen molar-refractivity contribution in [3.63, 3.8) is 0 Å². The van der Waals surface area contributed by atoms with Gasteiger partial charge in [0.25, 0.3) is 0 Å². The van der Waals surface area contributed by atoms with Crippen molar-refractivity contribution in [3.8, 4) is 11.3 Å². The zero-order valence-electron chi connectivity index (χ0n) is 8.87. The lowest BCUT2D eigenvalue weighted by Crippen LogP contribution is -1.91. The summed E-state index contributed by atoms with van der Waals surface area (Å²) >= 11 is 0. The van der Waals surface area contributed by atoms with Crippen LogP contribution in [-0.4, -0.2) is 10.1 Å². The van der Waals surface area contributed by atoms with Gasteiger partial charge >= 0.3 is 5.76 Å². The fraction of sp³-hybridized carbons (Fsp3) is 0. The molecule has 0 fully saturated rings. The molecule has 0 spiro atoms. The SMILES string of the molecule is O=c1[nH]cco1.c1ccc(-c2ccon2)cc1. The summed E-state index contributed by atoms with van der Waals surface area (Å²) in [6, 6.07) is 11.8. The zero-order chi connectivity index (χ0) is 11.9. The van der Waals surface area contributed by atoms with Crippen LogP contribution in [0.4, 0.5) is 0 Å². The summed E-state index contributed by atoms with van der Waals surface area (Å²) in [6.07, 6.45) is 4.30. The highest BCUT2D eigenvalue weighted by molar-refractivity contribution is 5.57. The number of oxazole rings is 1. The summed E-state index contributed by atoms with van der Waals surface area (Å²) in [5, 5.41) is 3.81. The van der Waals surface area contributed by atoms with Crippen LogP contribution >= 0.6 is 0 Å². The van der Waals surface area contributed by atoms with Crippen LogP contribution in [0.5, 0.6) is 0 Å². The van der Waals surface area contributed by atoms with Crippen LogP contribution in [0, 0.1) is 0 Å². The maximum atomic E-state index is 9.85. The molecule has 1 N–H and O–H groups in total. The molecule has 0 unspecified atom stereocenters. The molecular formula is C12H10N2O3. The first kappa shape index (κ1) is 10.9. The van der Waals surface area contributed by atoms with Crippen LogP contribution < -0.4 is 5.76 Å². The van der Waals surface area contributed by atoms with Gasteiger partial charge in [-0.2, -0.15) is 0 Å². The number of nitrogens with zero attached hydrogens (tertiary/aromatic N) is 1. The number of rotatable bonds is 1. The van der Waals surface area contributed by atoms with E-state index in [4.69, 9.17) is 4.52 Å². The molecule has 0 saturated carbocycles. The van der Waals surface area contributed by atoms with Gasteiger partial charge in [-0.3, -0.25) is 4.98 Å². The Balaban J connectivity index is 0.000000153. The fourth-order valence-corrected chi connectivity index (χ4v) is 1.20. The van der Waals surface area contributed by atoms with Gasteiger partial charge in [0.15, 0.2) is 0 Å². The van der Waals surface area contributed by atoms with Crippen LogP contribution in [-0.2, 0) is 0 Å². The quantitative estimate of drug-likeness (QED) is 0.696. The van der Waals surface area contributed by atoms with Gasteiger partial charge in [0.2, 0.25) is 0 Å². The van der Waals surface area contributed by atoms with Crippen LogP contribution in [0.3, 0.4) is 0 Å². The van der Waals surface area contributed by atoms with E-state index >= 15 is 0 Å². The predicted molar refractivity (Wildman–Crippen MR) is 61.3 cm³/mol. The lowest BCUT2D eigenvalue weighted by molar-refractivity contribution is 0.422. The van der Waals surface area contributed by atoms with Gasteiger partial charge < -0.3 is 8.94 Å². The van der Waals surface area contributed by atoms with Gasteiger partial charge in [-0.25, -0.2) is 4.79 Å². The van der Waals surface area contributed by atoms with Crippen molar-refractivity contribution in [2.24, 2.45) is 0 Å². The summed E-state index contributed by atoms with van der Waals surface area (Å²) in [6.45, 7) is 0. The standard InChI is InChI=1S/C9H7NO.C3H3NO2/c1-2-4-8(5-3-1)9-6-7-11-10-9;5-3-4-1-2-6-3/h1-7H;1-2H,(H,4,5). The first-order valence-corrected chi connectivity index (χ1v) is 4.94. The zero-order valence-corrected chi connectivity index (χ0v) is 8.87. The molecule has 0 aliphatic carbocycles. The summed E-state index contributed by atoms with van der Waals surface area (Å²) in [7, 11) is 0. The lowest BCUT2D eigenvalue weighted by atomic mass is 10.2. The molecule has 86 valence electrons. The topological polar surface area (TPSA) is 72.0 Å². The monoisotopic (exact) mass is 230 g/mol. The van der Waals surface area contributed by atoms with Crippen molar-refractivity contribution in [2.75, 3.05) is 0 Å². The molecule has 0 amide bonds. The predicted octanol–water partition coefficient (Wildman–Crippen LogP) is 2.31. The van der Waals surface area contributed by atoms with Crippen LogP contribution in [0.1, 0.15) is 0 Å². The molecule has 0 atom stereocenters. The molecule has 3 aromatic rings. The molecule has 0 aliphatic heterocycles. The largest absolute Gasteiger partial charge is 0.417 e. The highest BCUT2D eigenvalue weighted by atomic mass is 16.5. The second kappa shape index (κ2) is 5.50. The Kier molecular flexibility index (Phi) is 3.54. The van der Waals surface area contributed by atoms with Gasteiger partial charge in [-0.15, -0.1) is 0 Å². The number of aromatic amines is 1. The van der Waals surface area contributed by atoms with Crippen molar-refractivity contribution < 1.29 is 8.94 Å². The van der Waals surface area contributed by atoms with Gasteiger partial charge in [0.1, 0.15) is 18.2 Å². The minimum absolute atomic E-state index is 0.407. The first-order valence-electron chi connectivity index (χ1n) is 4.94. The highest BCUT2D eigenvalue weighted by Crippen LogP contribution is 2.14. The Labute approximate surface area is 96.7 Å². The van der Waals surface area contributed by atoms with E-state index in [1.807, 2.05) is 36.4 Å². The number of nitrogens with one attached hydrogen (secondary N) is 1. The van der Waals surface area contributed by atoms with Crippen molar-refractivity contribution in [1.82, 2.24) is 10.1 Å². The van der Waals surface area contributed by atoms with Crippen molar-refractivity contribution in [1.29, 1.82) is 0 Å². The second-order valence-corrected chi connectivity index (χ2v) is 3.10. The third-order valence-corrected chi connectivity index (χ3v) is 1.95. The number of H-pyrrole nitrogens is 1. The minimum Gasteiger partial charge on any atom is -0.417 e. The molecule has 5 heteroatoms. The first-order chi connectivity index (χ1) is 8.36. The smallest absolute Gasteiger partial charge is 0.416 e. The van der Waals surface area contributed by atoms with Crippen molar-refractivity contribution in [2.45, 2.75) is 0 Å². The van der Waals surface area contributed by atoms with E-state index in [0.29, 0.717) is 0 Å². The van der Waals surface area contributed by atoms with E-state index in [2.05, 4.69) is 14.6 Å². The summed E-state index contributed by atoms with van der Waals surface area (Å²) < 4.78 is 8.94. The fourth-order valence-electron chi connectivity index (χ4n) is 1.20. The molecule has 0 saturated heterocycles. The van der Waals surface area contributed by atoms with Crippen molar-refractivity contribution in [3.05, 3.63) is 65.7 Å². The molecule has 3 rings (SSSR count). The maximum Gasteiger partial charge on any atom is 0.416 e. The molecule has 0 radical (unpaired) electrons. The van der Waals surface area contributed by atoms with E-state index < -0.39 is 5.76 Å². The highest BCUT2D eigenvalue weighted by Gasteiger charge is 1.96. The van der Waals surface area contributed by atoms with Gasteiger partial charge in [0, 0.05) is 17.8 Å². The Morgan fingerprint density at radius 1 is 1.06 bits per heavy atom. The van der Waals surface area contributed by atoms with E-state index in [9.17, 15) is 4.79 Å². The average Bonchev–Trinajstić information content (AvgIpc) is 3.03. The molecule has 5 nitrogen and oxygen atoms in total. The number of benzene rings is 1. The summed E-state index contributed by atoms with van der Waals surface area (Å²) in [5.74, 6) is -0.407. The van der Waals surface area contributed by atoms with Gasteiger partial charge in [-0.05, 0) is 0 Å². The third kappa shape index (κ3) is 3.20. The number of hydrogen-bond acceptors (Lipinski definition) is 4.